The van der Waals surface area contributed by atoms with Gasteiger partial charge >= 0.3 is 0 Å². The van der Waals surface area contributed by atoms with Gasteiger partial charge in [0.2, 0.25) is 5.16 Å². The molecule has 43 heavy (non-hydrogen) atoms. The molecule has 2 aromatic heterocycles. The van der Waals surface area contributed by atoms with Gasteiger partial charge in [-0.05, 0) is 59.3 Å². The predicted molar refractivity (Wildman–Crippen MR) is 169 cm³/mol. The van der Waals surface area contributed by atoms with E-state index >= 15 is 0 Å². The van der Waals surface area contributed by atoms with Gasteiger partial charge in [0.25, 0.3) is 5.69 Å². The highest BCUT2D eigenvalue weighted by Crippen LogP contribution is 2.36. The molecule has 0 atom stereocenters. The average molecular weight is 582 g/mol. The molecule has 0 aliphatic heterocycles. The van der Waals surface area contributed by atoms with Crippen molar-refractivity contribution in [2.24, 2.45) is 4.99 Å². The van der Waals surface area contributed by atoms with Crippen LogP contribution in [-0.2, 0) is 6.42 Å². The molecule has 9 heteroatoms. The molecule has 0 fully saturated rings. The highest BCUT2D eigenvalue weighted by molar-refractivity contribution is 7.99. The number of nitro groups is 1. The van der Waals surface area contributed by atoms with Gasteiger partial charge in [0.1, 0.15) is 17.0 Å². The summed E-state index contributed by atoms with van der Waals surface area (Å²) in [4.78, 5) is 16.8. The van der Waals surface area contributed by atoms with E-state index in [1.165, 1.54) is 17.8 Å². The van der Waals surface area contributed by atoms with Gasteiger partial charge in [-0.25, -0.2) is 0 Å². The summed E-state index contributed by atoms with van der Waals surface area (Å²) in [5, 5.41) is 23.7. The molecule has 0 aliphatic rings. The number of furan rings is 1. The first-order valence-corrected chi connectivity index (χ1v) is 14.4. The van der Waals surface area contributed by atoms with Crippen molar-refractivity contribution in [2.45, 2.75) is 16.5 Å². The van der Waals surface area contributed by atoms with Crippen LogP contribution in [-0.4, -0.2) is 25.9 Å². The van der Waals surface area contributed by atoms with Gasteiger partial charge in [-0.3, -0.25) is 19.7 Å². The number of para-hydroxylation sites is 2. The molecule has 208 valence electrons. The third kappa shape index (κ3) is 5.41. The van der Waals surface area contributed by atoms with Gasteiger partial charge in [-0.15, -0.1) is 10.2 Å². The van der Waals surface area contributed by atoms with E-state index in [4.69, 9.17) is 4.42 Å². The monoisotopic (exact) mass is 581 g/mol. The number of rotatable bonds is 8. The summed E-state index contributed by atoms with van der Waals surface area (Å²) in [6, 6.07) is 38.5. The van der Waals surface area contributed by atoms with E-state index in [1.807, 2.05) is 114 Å². The first-order valence-electron chi connectivity index (χ1n) is 13.6. The topological polar surface area (TPSA) is 99.3 Å². The average Bonchev–Trinajstić information content (AvgIpc) is 3.61. The Morgan fingerprint density at radius 1 is 0.814 bits per heavy atom. The van der Waals surface area contributed by atoms with Crippen LogP contribution in [0.5, 0.6) is 0 Å². The van der Waals surface area contributed by atoms with Crippen LogP contribution in [0, 0.1) is 10.1 Å². The van der Waals surface area contributed by atoms with E-state index in [9.17, 15) is 10.1 Å². The van der Waals surface area contributed by atoms with Crippen molar-refractivity contribution in [3.63, 3.8) is 0 Å². The summed E-state index contributed by atoms with van der Waals surface area (Å²) in [7, 11) is 0. The summed E-state index contributed by atoms with van der Waals surface area (Å²) in [5.74, 6) is 0.743. The Morgan fingerprint density at radius 2 is 1.56 bits per heavy atom. The van der Waals surface area contributed by atoms with Gasteiger partial charge in [-0.2, -0.15) is 0 Å². The maximum atomic E-state index is 12.2. The summed E-state index contributed by atoms with van der Waals surface area (Å²) in [5.41, 5.74) is 4.80. The first-order chi connectivity index (χ1) is 21.1. The van der Waals surface area contributed by atoms with E-state index < -0.39 is 0 Å². The van der Waals surface area contributed by atoms with Crippen molar-refractivity contribution in [3.8, 4) is 5.69 Å². The lowest BCUT2D eigenvalue weighted by molar-refractivity contribution is -0.387. The van der Waals surface area contributed by atoms with Crippen LogP contribution in [0.4, 0.5) is 11.4 Å². The normalized spacial score (nSPS) is 11.5. The lowest BCUT2D eigenvalue weighted by Gasteiger charge is -2.10. The molecule has 2 heterocycles. The Labute approximate surface area is 250 Å². The third-order valence-corrected chi connectivity index (χ3v) is 8.04. The van der Waals surface area contributed by atoms with E-state index in [0.717, 1.165) is 39.0 Å². The van der Waals surface area contributed by atoms with E-state index in [-0.39, 0.29) is 10.6 Å². The van der Waals surface area contributed by atoms with Crippen LogP contribution in [0.15, 0.2) is 141 Å². The van der Waals surface area contributed by atoms with Crippen LogP contribution in [0.3, 0.4) is 0 Å². The third-order valence-electron chi connectivity index (χ3n) is 7.03. The Balaban J connectivity index is 1.19. The number of nitrogens with zero attached hydrogens (tertiary/aromatic N) is 5. The Morgan fingerprint density at radius 3 is 2.37 bits per heavy atom. The van der Waals surface area contributed by atoms with Crippen molar-refractivity contribution in [1.82, 2.24) is 14.8 Å². The summed E-state index contributed by atoms with van der Waals surface area (Å²) in [6.45, 7) is 0. The number of nitro benzene ring substituents is 1. The summed E-state index contributed by atoms with van der Waals surface area (Å²) in [6.07, 6.45) is 2.19. The second-order valence-corrected chi connectivity index (χ2v) is 10.9. The van der Waals surface area contributed by atoms with Crippen molar-refractivity contribution in [1.29, 1.82) is 0 Å². The van der Waals surface area contributed by atoms with Crippen LogP contribution in [0.2, 0.25) is 0 Å². The summed E-state index contributed by atoms with van der Waals surface area (Å²) >= 11 is 1.21. The molecule has 5 aromatic carbocycles. The van der Waals surface area contributed by atoms with Crippen LogP contribution >= 0.6 is 11.8 Å². The molecule has 0 saturated carbocycles. The predicted octanol–water partition coefficient (Wildman–Crippen LogP) is 8.57. The number of aliphatic imine (C=N–C) groups is 1. The van der Waals surface area contributed by atoms with Gasteiger partial charge in [-0.1, -0.05) is 72.8 Å². The van der Waals surface area contributed by atoms with Gasteiger partial charge < -0.3 is 4.42 Å². The highest BCUT2D eigenvalue weighted by Gasteiger charge is 2.21. The minimum absolute atomic E-state index is 0.0334. The fourth-order valence-electron chi connectivity index (χ4n) is 4.98. The number of hydrogen-bond donors (Lipinski definition) is 0. The molecular formula is C34H23N5O3S. The molecule has 8 nitrogen and oxygen atoms in total. The number of benzene rings is 5. The molecule has 0 amide bonds. The van der Waals surface area contributed by atoms with Crippen LogP contribution < -0.4 is 0 Å². The molecule has 0 bridgehead atoms. The molecular weight excluding hydrogens is 558 g/mol. The Kier molecular flexibility index (Phi) is 6.98. The molecule has 0 saturated heterocycles. The SMILES string of the molecule is O=[N+]([O-])c1cc(C=Nc2ccc3c(c2)oc2ccccc23)ccc1Sc1nnc(Cc2ccccc2)n1-c1ccccc1. The maximum absolute atomic E-state index is 12.2. The smallest absolute Gasteiger partial charge is 0.283 e. The quantitative estimate of drug-likeness (QED) is 0.101. The van der Waals surface area contributed by atoms with Crippen molar-refractivity contribution in [3.05, 3.63) is 148 Å². The fraction of sp³-hybridized carbons (Fsp3) is 0.0294. The Hall–Kier alpha value is -5.54. The Bertz CT molecular complexity index is 2120. The van der Waals surface area contributed by atoms with E-state index in [1.54, 1.807) is 12.3 Å². The molecule has 7 aromatic rings. The minimum Gasteiger partial charge on any atom is -0.456 e. The minimum atomic E-state index is -0.381. The first kappa shape index (κ1) is 26.4. The molecule has 0 N–H and O–H groups in total. The molecule has 0 radical (unpaired) electrons. The zero-order valence-electron chi connectivity index (χ0n) is 22.7. The van der Waals surface area contributed by atoms with Crippen molar-refractivity contribution < 1.29 is 9.34 Å². The van der Waals surface area contributed by atoms with Crippen LogP contribution in [0.1, 0.15) is 17.0 Å². The molecule has 0 unspecified atom stereocenters. The van der Waals surface area contributed by atoms with Crippen LogP contribution in [0.25, 0.3) is 27.6 Å². The highest BCUT2D eigenvalue weighted by atomic mass is 32.2. The fourth-order valence-corrected chi connectivity index (χ4v) is 5.94. The van der Waals surface area contributed by atoms with Gasteiger partial charge in [0.15, 0.2) is 0 Å². The van der Waals surface area contributed by atoms with Gasteiger partial charge in [0.05, 0.1) is 15.5 Å². The zero-order valence-corrected chi connectivity index (χ0v) is 23.5. The van der Waals surface area contributed by atoms with E-state index in [2.05, 4.69) is 15.2 Å². The lowest BCUT2D eigenvalue weighted by Crippen LogP contribution is -2.04. The van der Waals surface area contributed by atoms with Crippen molar-refractivity contribution in [2.75, 3.05) is 0 Å². The standard InChI is InChI=1S/C34H23N5O3S/c40-39(41)29-19-24(22-35-25-16-17-28-27-13-7-8-14-30(27)42-31(28)21-25)15-18-32(29)43-34-37-36-33(20-23-9-3-1-4-10-23)38(34)26-11-5-2-6-12-26/h1-19,21-22H,20H2. The summed E-state index contributed by atoms with van der Waals surface area (Å²) < 4.78 is 7.91. The number of aromatic nitrogens is 3. The molecule has 0 spiro atoms. The largest absolute Gasteiger partial charge is 0.456 e. The molecule has 0 aliphatic carbocycles. The zero-order chi connectivity index (χ0) is 29.2. The van der Waals surface area contributed by atoms with Gasteiger partial charge in [0, 0.05) is 41.2 Å². The second kappa shape index (κ2) is 11.4. The molecule has 7 rings (SSSR count). The lowest BCUT2D eigenvalue weighted by atomic mass is 10.1. The number of hydrogen-bond acceptors (Lipinski definition) is 7. The number of fused-ring (bicyclic) bond motifs is 3. The van der Waals surface area contributed by atoms with E-state index in [0.29, 0.717) is 27.7 Å². The second-order valence-electron chi connectivity index (χ2n) is 9.86. The maximum Gasteiger partial charge on any atom is 0.283 e. The van der Waals surface area contributed by atoms with Crippen molar-refractivity contribution >= 4 is 51.3 Å².